The maximum atomic E-state index is 12.6. The molecule has 0 radical (unpaired) electrons. The SMILES string of the molecule is CCC(=O)c1cnc(NC(=O)C2CC2)cc1Nc1cccc(-c2cc(P(C)(C)=O)nn2C)c1OC. The second-order valence-electron chi connectivity index (χ2n) is 9.03. The number of amides is 1. The highest BCUT2D eigenvalue weighted by atomic mass is 31.2. The largest absolute Gasteiger partial charge is 0.494 e. The average Bonchev–Trinajstić information content (AvgIpc) is 3.59. The molecule has 1 saturated carbocycles. The van der Waals surface area contributed by atoms with Gasteiger partial charge in [0.1, 0.15) is 18.4 Å². The molecule has 0 atom stereocenters. The standard InChI is InChI=1S/C25H30N5O4P/c1-6-21(31)17-14-26-22(28-25(32)15-10-11-15)12-19(17)27-18-9-7-8-16(24(18)34-3)20-13-23(29-30(20)2)35(4,5)33/h7-9,12-15H,6,10-11H2,1-5H3,(H2,26,27,28,32). The maximum Gasteiger partial charge on any atom is 0.228 e. The second kappa shape index (κ2) is 9.66. The Bertz CT molecular complexity index is 1340. The first-order valence-corrected chi connectivity index (χ1v) is 14.1. The summed E-state index contributed by atoms with van der Waals surface area (Å²) >= 11 is 0. The monoisotopic (exact) mass is 495 g/mol. The molecule has 184 valence electrons. The molecule has 10 heteroatoms. The molecule has 0 aliphatic heterocycles. The number of ketones is 1. The van der Waals surface area contributed by atoms with Crippen LogP contribution < -0.4 is 20.8 Å². The summed E-state index contributed by atoms with van der Waals surface area (Å²) in [5, 5.41) is 10.6. The summed E-state index contributed by atoms with van der Waals surface area (Å²) in [7, 11) is 0.819. The van der Waals surface area contributed by atoms with Crippen molar-refractivity contribution >= 4 is 41.5 Å². The molecule has 1 aromatic carbocycles. The van der Waals surface area contributed by atoms with Gasteiger partial charge >= 0.3 is 0 Å². The van der Waals surface area contributed by atoms with Crippen LogP contribution in [0.25, 0.3) is 11.3 Å². The number of aryl methyl sites for hydroxylation is 1. The number of nitrogens with zero attached hydrogens (tertiary/aromatic N) is 3. The van der Waals surface area contributed by atoms with E-state index < -0.39 is 7.14 Å². The Hall–Kier alpha value is -3.45. The quantitative estimate of drug-likeness (QED) is 0.333. The van der Waals surface area contributed by atoms with Gasteiger partial charge in [-0.15, -0.1) is 0 Å². The van der Waals surface area contributed by atoms with Crippen LogP contribution in [0, 0.1) is 5.92 Å². The van der Waals surface area contributed by atoms with E-state index in [0.29, 0.717) is 40.4 Å². The van der Waals surface area contributed by atoms with Crippen LogP contribution in [-0.4, -0.2) is 46.9 Å². The van der Waals surface area contributed by atoms with Crippen molar-refractivity contribution in [3.8, 4) is 17.0 Å². The number of ether oxygens (including phenoxy) is 1. The van der Waals surface area contributed by atoms with Crippen LogP contribution in [0.2, 0.25) is 0 Å². The van der Waals surface area contributed by atoms with Gasteiger partial charge in [-0.1, -0.05) is 13.0 Å². The zero-order valence-corrected chi connectivity index (χ0v) is 21.5. The van der Waals surface area contributed by atoms with E-state index in [9.17, 15) is 14.2 Å². The fourth-order valence-corrected chi connectivity index (χ4v) is 4.57. The minimum Gasteiger partial charge on any atom is -0.494 e. The van der Waals surface area contributed by atoms with Crippen molar-refractivity contribution in [2.45, 2.75) is 26.2 Å². The first kappa shape index (κ1) is 24.7. The summed E-state index contributed by atoms with van der Waals surface area (Å²) in [5.41, 5.74) is 3.61. The zero-order valence-electron chi connectivity index (χ0n) is 20.6. The lowest BCUT2D eigenvalue weighted by Gasteiger charge is -2.17. The van der Waals surface area contributed by atoms with Crippen LogP contribution in [0.5, 0.6) is 5.75 Å². The van der Waals surface area contributed by atoms with Crippen molar-refractivity contribution in [1.82, 2.24) is 14.8 Å². The minimum atomic E-state index is -2.54. The fourth-order valence-electron chi connectivity index (χ4n) is 3.78. The summed E-state index contributed by atoms with van der Waals surface area (Å²) < 4.78 is 20.0. The van der Waals surface area contributed by atoms with E-state index in [-0.39, 0.29) is 17.6 Å². The summed E-state index contributed by atoms with van der Waals surface area (Å²) in [4.78, 5) is 29.1. The summed E-state index contributed by atoms with van der Waals surface area (Å²) in [6.07, 6.45) is 3.57. The van der Waals surface area contributed by atoms with Gasteiger partial charge in [-0.2, -0.15) is 5.10 Å². The van der Waals surface area contributed by atoms with E-state index in [0.717, 1.165) is 24.1 Å². The van der Waals surface area contributed by atoms with E-state index in [2.05, 4.69) is 20.7 Å². The Morgan fingerprint density at radius 1 is 1.20 bits per heavy atom. The fraction of sp³-hybridized carbons (Fsp3) is 0.360. The van der Waals surface area contributed by atoms with E-state index in [1.54, 1.807) is 45.2 Å². The summed E-state index contributed by atoms with van der Waals surface area (Å²) in [6, 6.07) is 9.08. The number of hydrogen-bond donors (Lipinski definition) is 2. The number of methoxy groups -OCH3 is 1. The van der Waals surface area contributed by atoms with Crippen molar-refractivity contribution in [3.63, 3.8) is 0 Å². The highest BCUT2D eigenvalue weighted by Gasteiger charge is 2.30. The van der Waals surface area contributed by atoms with Crippen molar-refractivity contribution < 1.29 is 18.9 Å². The van der Waals surface area contributed by atoms with Crippen molar-refractivity contribution in [1.29, 1.82) is 0 Å². The van der Waals surface area contributed by atoms with E-state index in [4.69, 9.17) is 4.74 Å². The Morgan fingerprint density at radius 2 is 1.94 bits per heavy atom. The molecule has 9 nitrogen and oxygen atoms in total. The average molecular weight is 496 g/mol. The number of carbonyl (C=O) groups is 2. The number of aromatic nitrogens is 3. The molecule has 2 aromatic heterocycles. The first-order valence-electron chi connectivity index (χ1n) is 11.5. The van der Waals surface area contributed by atoms with Gasteiger partial charge in [-0.3, -0.25) is 14.3 Å². The number of hydrogen-bond acceptors (Lipinski definition) is 7. The Labute approximate surface area is 204 Å². The van der Waals surface area contributed by atoms with E-state index >= 15 is 0 Å². The third-order valence-electron chi connectivity index (χ3n) is 5.91. The minimum absolute atomic E-state index is 0.0345. The molecule has 35 heavy (non-hydrogen) atoms. The molecule has 0 saturated heterocycles. The van der Waals surface area contributed by atoms with E-state index in [1.807, 2.05) is 24.3 Å². The molecular formula is C25H30N5O4P. The number of rotatable bonds is 9. The van der Waals surface area contributed by atoms with Gasteiger partial charge in [0, 0.05) is 37.2 Å². The number of nitrogens with one attached hydrogen (secondary N) is 2. The number of carbonyl (C=O) groups excluding carboxylic acids is 2. The third-order valence-corrected chi connectivity index (χ3v) is 7.23. The topological polar surface area (TPSA) is 115 Å². The number of para-hydroxylation sites is 1. The number of Topliss-reactive ketones (excluding diaryl/α,β-unsaturated/α-hetero) is 1. The van der Waals surface area contributed by atoms with Crippen LogP contribution in [0.4, 0.5) is 17.2 Å². The molecule has 1 amide bonds. The number of benzene rings is 1. The lowest BCUT2D eigenvalue weighted by molar-refractivity contribution is -0.117. The van der Waals surface area contributed by atoms with Gasteiger partial charge in [0.2, 0.25) is 5.91 Å². The van der Waals surface area contributed by atoms with Crippen molar-refractivity contribution in [2.75, 3.05) is 31.1 Å². The number of anilines is 3. The number of pyridine rings is 1. The third kappa shape index (κ3) is 5.30. The zero-order chi connectivity index (χ0) is 25.3. The van der Waals surface area contributed by atoms with Crippen LogP contribution in [0.1, 0.15) is 36.5 Å². The molecule has 0 unspecified atom stereocenters. The molecular weight excluding hydrogens is 465 g/mol. The van der Waals surface area contributed by atoms with Crippen LogP contribution >= 0.6 is 7.14 Å². The first-order chi connectivity index (χ1) is 16.6. The van der Waals surface area contributed by atoms with Crippen LogP contribution in [0.3, 0.4) is 0 Å². The predicted molar refractivity (Wildman–Crippen MR) is 138 cm³/mol. The summed E-state index contributed by atoms with van der Waals surface area (Å²) in [6.45, 7) is 5.16. The predicted octanol–water partition coefficient (Wildman–Crippen LogP) is 4.42. The maximum absolute atomic E-state index is 12.6. The van der Waals surface area contributed by atoms with Gasteiger partial charge in [0.15, 0.2) is 11.5 Å². The smallest absolute Gasteiger partial charge is 0.228 e. The van der Waals surface area contributed by atoms with E-state index in [1.165, 1.54) is 6.20 Å². The lowest BCUT2D eigenvalue weighted by atomic mass is 10.1. The van der Waals surface area contributed by atoms with Gasteiger partial charge in [0.25, 0.3) is 0 Å². The second-order valence-corrected chi connectivity index (χ2v) is 12.2. The highest BCUT2D eigenvalue weighted by Crippen LogP contribution is 2.41. The Morgan fingerprint density at radius 3 is 2.54 bits per heavy atom. The molecule has 0 spiro atoms. The van der Waals surface area contributed by atoms with Gasteiger partial charge in [-0.05, 0) is 44.4 Å². The Kier molecular flexibility index (Phi) is 6.81. The molecule has 2 N–H and O–H groups in total. The normalized spacial score (nSPS) is 13.4. The molecule has 4 rings (SSSR count). The van der Waals surface area contributed by atoms with Gasteiger partial charge in [0.05, 0.1) is 29.7 Å². The molecule has 1 fully saturated rings. The Balaban J connectivity index is 1.75. The highest BCUT2D eigenvalue weighted by molar-refractivity contribution is 7.69. The molecule has 0 bridgehead atoms. The molecule has 3 aromatic rings. The van der Waals surface area contributed by atoms with Gasteiger partial charge in [-0.25, -0.2) is 4.98 Å². The summed E-state index contributed by atoms with van der Waals surface area (Å²) in [5.74, 6) is 0.818. The van der Waals surface area contributed by atoms with Crippen LogP contribution in [0.15, 0.2) is 36.5 Å². The van der Waals surface area contributed by atoms with Gasteiger partial charge < -0.3 is 19.9 Å². The van der Waals surface area contributed by atoms with Crippen molar-refractivity contribution in [3.05, 3.63) is 42.1 Å². The molecule has 2 heterocycles. The molecule has 1 aliphatic carbocycles. The molecule has 1 aliphatic rings. The van der Waals surface area contributed by atoms with Crippen molar-refractivity contribution in [2.24, 2.45) is 13.0 Å². The lowest BCUT2D eigenvalue weighted by Crippen LogP contribution is -2.15. The van der Waals surface area contributed by atoms with Crippen LogP contribution in [-0.2, 0) is 16.4 Å².